The average Bonchev–Trinajstić information content (AvgIpc) is 3.00. The number of rotatable bonds is 2. The highest BCUT2D eigenvalue weighted by Gasteiger charge is 2.32. The van der Waals surface area contributed by atoms with Crippen LogP contribution in [0.1, 0.15) is 34.8 Å². The van der Waals surface area contributed by atoms with Gasteiger partial charge in [-0.25, -0.2) is 4.98 Å². The van der Waals surface area contributed by atoms with Crippen molar-refractivity contribution in [1.29, 1.82) is 0 Å². The van der Waals surface area contributed by atoms with Crippen molar-refractivity contribution in [3.05, 3.63) is 51.3 Å². The van der Waals surface area contributed by atoms with E-state index < -0.39 is 0 Å². The second-order valence-electron chi connectivity index (χ2n) is 5.24. The Morgan fingerprint density at radius 1 is 1.10 bits per heavy atom. The van der Waals surface area contributed by atoms with Crippen LogP contribution in [0.2, 0.25) is 0 Å². The predicted molar refractivity (Wildman–Crippen MR) is 79.6 cm³/mol. The Hall–Kier alpha value is -2.69. The molecule has 0 bridgehead atoms. The molecule has 0 amide bonds. The van der Waals surface area contributed by atoms with E-state index in [-0.39, 0.29) is 11.3 Å². The normalized spacial score (nSPS) is 12.7. The van der Waals surface area contributed by atoms with Crippen LogP contribution in [-0.2, 0) is 6.42 Å². The van der Waals surface area contributed by atoms with Crippen molar-refractivity contribution in [1.82, 2.24) is 15.2 Å². The number of nitrogens with zero attached hydrogens (tertiary/aromatic N) is 1. The summed E-state index contributed by atoms with van der Waals surface area (Å²) >= 11 is 0. The third-order valence-corrected chi connectivity index (χ3v) is 3.98. The van der Waals surface area contributed by atoms with Crippen molar-refractivity contribution in [3.63, 3.8) is 0 Å². The molecule has 2 heterocycles. The van der Waals surface area contributed by atoms with E-state index in [9.17, 15) is 9.59 Å². The predicted octanol–water partition coefficient (Wildman–Crippen LogP) is 2.42. The fourth-order valence-corrected chi connectivity index (χ4v) is 3.11. The summed E-state index contributed by atoms with van der Waals surface area (Å²) in [5.41, 5.74) is 3.90. The summed E-state index contributed by atoms with van der Waals surface area (Å²) in [5.74, 6) is -0.0287. The summed E-state index contributed by atoms with van der Waals surface area (Å²) in [6.45, 7) is 2.03. The number of pyridine rings is 1. The molecule has 0 unspecified atom stereocenters. The molecule has 1 aliphatic carbocycles. The molecular weight excluding hydrogens is 266 g/mol. The molecule has 0 spiro atoms. The van der Waals surface area contributed by atoms with Crippen LogP contribution in [0, 0.1) is 0 Å². The van der Waals surface area contributed by atoms with Gasteiger partial charge in [-0.05, 0) is 12.0 Å². The molecule has 4 rings (SSSR count). The smallest absolute Gasteiger partial charge is 0.273 e. The molecule has 21 heavy (non-hydrogen) atoms. The molecule has 0 fully saturated rings. The molecule has 1 aliphatic rings. The van der Waals surface area contributed by atoms with E-state index in [1.165, 1.54) is 0 Å². The molecule has 0 saturated carbocycles. The number of nitrogens with one attached hydrogen (secondary N) is 2. The van der Waals surface area contributed by atoms with Gasteiger partial charge in [0.25, 0.3) is 5.56 Å². The largest absolute Gasteiger partial charge is 0.288 e. The molecule has 2 N–H and O–H groups in total. The summed E-state index contributed by atoms with van der Waals surface area (Å²) in [7, 11) is 0. The number of ketones is 1. The van der Waals surface area contributed by atoms with Crippen LogP contribution in [-0.4, -0.2) is 21.0 Å². The summed E-state index contributed by atoms with van der Waals surface area (Å²) in [4.78, 5) is 29.2. The number of aromatic amines is 2. The zero-order valence-corrected chi connectivity index (χ0v) is 11.5. The molecule has 5 nitrogen and oxygen atoms in total. The Balaban J connectivity index is 2.17. The molecule has 0 aliphatic heterocycles. The van der Waals surface area contributed by atoms with Crippen LogP contribution >= 0.6 is 0 Å². The van der Waals surface area contributed by atoms with Crippen LogP contribution in [0.4, 0.5) is 0 Å². The van der Waals surface area contributed by atoms with Crippen molar-refractivity contribution in [2.24, 2.45) is 0 Å². The van der Waals surface area contributed by atoms with Gasteiger partial charge < -0.3 is 0 Å². The first-order valence-electron chi connectivity index (χ1n) is 6.99. The number of fused-ring (bicyclic) bond motifs is 4. The third-order valence-electron chi connectivity index (χ3n) is 3.98. The van der Waals surface area contributed by atoms with Crippen molar-refractivity contribution in [3.8, 4) is 11.3 Å². The van der Waals surface area contributed by atoms with E-state index >= 15 is 0 Å². The van der Waals surface area contributed by atoms with E-state index in [0.29, 0.717) is 34.3 Å². The van der Waals surface area contributed by atoms with Crippen LogP contribution in [0.3, 0.4) is 0 Å². The van der Waals surface area contributed by atoms with E-state index in [1.807, 2.05) is 31.2 Å². The number of aryl methyl sites for hydroxylation is 1. The number of hydrogen-bond donors (Lipinski definition) is 2. The molecule has 0 radical (unpaired) electrons. The second kappa shape index (κ2) is 4.15. The standard InChI is InChI=1S/C16H13N3O2/c1-2-5-10-11-13(17-15-12(10)16(21)19-18-15)8-6-3-4-7-9(8)14(11)20/h3-4,6-7H,2,5H2,1H3,(H2,17,18,19,21). The second-order valence-corrected chi connectivity index (χ2v) is 5.24. The summed E-state index contributed by atoms with van der Waals surface area (Å²) in [5, 5.41) is 5.88. The number of benzene rings is 1. The molecule has 1 aromatic carbocycles. The lowest BCUT2D eigenvalue weighted by Crippen LogP contribution is -2.07. The van der Waals surface area contributed by atoms with E-state index in [4.69, 9.17) is 0 Å². The minimum Gasteiger partial charge on any atom is -0.288 e. The van der Waals surface area contributed by atoms with Crippen molar-refractivity contribution >= 4 is 16.8 Å². The number of hydrogen-bond acceptors (Lipinski definition) is 3. The van der Waals surface area contributed by atoms with Crippen LogP contribution < -0.4 is 5.56 Å². The molecule has 0 saturated heterocycles. The first-order valence-corrected chi connectivity index (χ1v) is 6.99. The molecule has 5 heteroatoms. The molecule has 2 aromatic heterocycles. The first kappa shape index (κ1) is 12.1. The zero-order chi connectivity index (χ0) is 14.6. The Bertz CT molecular complexity index is 950. The minimum absolute atomic E-state index is 0.0287. The maximum atomic E-state index is 12.7. The van der Waals surface area contributed by atoms with Crippen molar-refractivity contribution in [2.75, 3.05) is 0 Å². The summed E-state index contributed by atoms with van der Waals surface area (Å²) in [6, 6.07) is 7.46. The Kier molecular flexibility index (Phi) is 2.39. The minimum atomic E-state index is -0.215. The van der Waals surface area contributed by atoms with Crippen molar-refractivity contribution in [2.45, 2.75) is 19.8 Å². The van der Waals surface area contributed by atoms with Gasteiger partial charge in [0.15, 0.2) is 11.4 Å². The van der Waals surface area contributed by atoms with E-state index in [1.54, 1.807) is 0 Å². The summed E-state index contributed by atoms with van der Waals surface area (Å²) in [6.07, 6.45) is 1.54. The van der Waals surface area contributed by atoms with Crippen LogP contribution in [0.5, 0.6) is 0 Å². The molecular formula is C16H13N3O2. The highest BCUT2D eigenvalue weighted by atomic mass is 16.1. The van der Waals surface area contributed by atoms with Gasteiger partial charge in [0.1, 0.15) is 0 Å². The third kappa shape index (κ3) is 1.48. The highest BCUT2D eigenvalue weighted by molar-refractivity contribution is 6.23. The summed E-state index contributed by atoms with van der Waals surface area (Å²) < 4.78 is 0. The van der Waals surface area contributed by atoms with Crippen molar-refractivity contribution < 1.29 is 4.79 Å². The topological polar surface area (TPSA) is 78.6 Å². The molecule has 104 valence electrons. The SMILES string of the molecule is CCCc1c2c(nc3[nH][nH]c(=O)c13)-c1ccccc1C2=O. The Labute approximate surface area is 120 Å². The number of carbonyl (C=O) groups excluding carboxylic acids is 1. The lowest BCUT2D eigenvalue weighted by atomic mass is 9.98. The van der Waals surface area contributed by atoms with Gasteiger partial charge in [0.2, 0.25) is 0 Å². The highest BCUT2D eigenvalue weighted by Crippen LogP contribution is 2.38. The van der Waals surface area contributed by atoms with Gasteiger partial charge in [-0.3, -0.25) is 19.8 Å². The zero-order valence-electron chi connectivity index (χ0n) is 11.5. The fraction of sp³-hybridized carbons (Fsp3) is 0.188. The Morgan fingerprint density at radius 2 is 1.86 bits per heavy atom. The molecule has 0 atom stereocenters. The van der Waals surface area contributed by atoms with E-state index in [0.717, 1.165) is 17.5 Å². The van der Waals surface area contributed by atoms with Gasteiger partial charge in [-0.1, -0.05) is 37.6 Å². The van der Waals surface area contributed by atoms with Crippen LogP contribution in [0.25, 0.3) is 22.3 Å². The lowest BCUT2D eigenvalue weighted by molar-refractivity contribution is 0.104. The van der Waals surface area contributed by atoms with Gasteiger partial charge >= 0.3 is 0 Å². The number of aromatic nitrogens is 3. The quantitative estimate of drug-likeness (QED) is 0.591. The monoisotopic (exact) mass is 279 g/mol. The number of H-pyrrole nitrogens is 2. The lowest BCUT2D eigenvalue weighted by Gasteiger charge is -2.07. The van der Waals surface area contributed by atoms with Crippen LogP contribution in [0.15, 0.2) is 29.1 Å². The van der Waals surface area contributed by atoms with Gasteiger partial charge in [0, 0.05) is 11.1 Å². The fourth-order valence-electron chi connectivity index (χ4n) is 3.11. The van der Waals surface area contributed by atoms with Gasteiger partial charge in [0.05, 0.1) is 16.6 Å². The average molecular weight is 279 g/mol. The van der Waals surface area contributed by atoms with Gasteiger partial charge in [-0.2, -0.15) is 0 Å². The van der Waals surface area contributed by atoms with E-state index in [2.05, 4.69) is 15.2 Å². The number of carbonyl (C=O) groups is 1. The molecule has 3 aromatic rings. The first-order chi connectivity index (χ1) is 10.2. The van der Waals surface area contributed by atoms with Gasteiger partial charge in [-0.15, -0.1) is 0 Å². The maximum absolute atomic E-state index is 12.7. The maximum Gasteiger partial charge on any atom is 0.273 e. The Morgan fingerprint density at radius 3 is 2.62 bits per heavy atom.